The molecule has 6 nitrogen and oxygen atoms in total. The molecule has 0 aliphatic rings. The SMILES string of the molecule is c1ccc(-c2nc(-c3ccccc3)nc(-c3ccc4oc5cc(-n6c7ccccc7c7ccc8c9ccccc9n(-c9ccccc9)c8c76)ccc5c4c3)n2)cc1. The van der Waals surface area contributed by atoms with Gasteiger partial charge < -0.3 is 13.6 Å². The minimum atomic E-state index is 0.610. The van der Waals surface area contributed by atoms with Crippen molar-refractivity contribution in [2.24, 2.45) is 0 Å². The monoisotopic (exact) mass is 729 g/mol. The zero-order valence-electron chi connectivity index (χ0n) is 30.5. The third-order valence-electron chi connectivity index (χ3n) is 11.2. The van der Waals surface area contributed by atoms with Crippen LogP contribution in [-0.2, 0) is 0 Å². The maximum Gasteiger partial charge on any atom is 0.164 e. The summed E-state index contributed by atoms with van der Waals surface area (Å²) in [5.74, 6) is 1.87. The van der Waals surface area contributed by atoms with Crippen molar-refractivity contribution in [3.8, 4) is 45.5 Å². The summed E-state index contributed by atoms with van der Waals surface area (Å²) in [5.41, 5.74) is 11.2. The highest BCUT2D eigenvalue weighted by atomic mass is 16.3. The molecule has 4 aromatic heterocycles. The minimum Gasteiger partial charge on any atom is -0.456 e. The Hall–Kier alpha value is -7.83. The Balaban J connectivity index is 1.07. The van der Waals surface area contributed by atoms with Gasteiger partial charge in [0, 0.05) is 60.8 Å². The molecule has 0 bridgehead atoms. The van der Waals surface area contributed by atoms with Crippen molar-refractivity contribution in [3.63, 3.8) is 0 Å². The molecule has 0 radical (unpaired) electrons. The zero-order chi connectivity index (χ0) is 37.5. The Morgan fingerprint density at radius 2 is 0.807 bits per heavy atom. The van der Waals surface area contributed by atoms with Crippen LogP contribution in [0.4, 0.5) is 0 Å². The summed E-state index contributed by atoms with van der Waals surface area (Å²) in [6.45, 7) is 0. The number of nitrogens with zero attached hydrogens (tertiary/aromatic N) is 5. The van der Waals surface area contributed by atoms with Crippen molar-refractivity contribution in [3.05, 3.63) is 188 Å². The normalized spacial score (nSPS) is 11.9. The first kappa shape index (κ1) is 31.5. The molecule has 12 aromatic rings. The standard InChI is InChI=1S/C51H31N5O/c1-4-14-32(15-5-1)49-52-50(33-16-6-2-7-17-33)54-51(53-49)34-24-29-45-42(30-34)39-26-25-36(31-46(39)57-45)56-44-23-13-11-21-38(44)41-28-27-40-37-20-10-12-22-43(37)55(47(40)48(41)56)35-18-8-3-9-19-35/h1-31H. The molecule has 4 heterocycles. The summed E-state index contributed by atoms with van der Waals surface area (Å²) in [6.07, 6.45) is 0. The maximum atomic E-state index is 6.65. The van der Waals surface area contributed by atoms with Crippen molar-refractivity contribution in [2.75, 3.05) is 0 Å². The molecule has 266 valence electrons. The molecule has 0 spiro atoms. The van der Waals surface area contributed by atoms with E-state index in [1.54, 1.807) is 0 Å². The van der Waals surface area contributed by atoms with Gasteiger partial charge in [0.1, 0.15) is 11.2 Å². The molecule has 6 heteroatoms. The third kappa shape index (κ3) is 4.87. The number of furan rings is 1. The average molecular weight is 730 g/mol. The summed E-state index contributed by atoms with van der Waals surface area (Å²) >= 11 is 0. The lowest BCUT2D eigenvalue weighted by atomic mass is 10.1. The number of hydrogen-bond acceptors (Lipinski definition) is 4. The van der Waals surface area contributed by atoms with Gasteiger partial charge in [0.2, 0.25) is 0 Å². The lowest BCUT2D eigenvalue weighted by Gasteiger charge is -2.12. The fraction of sp³-hybridized carbons (Fsp3) is 0. The van der Waals surface area contributed by atoms with E-state index in [1.165, 1.54) is 32.6 Å². The number of para-hydroxylation sites is 3. The van der Waals surface area contributed by atoms with Gasteiger partial charge in [-0.3, -0.25) is 0 Å². The molecule has 8 aromatic carbocycles. The van der Waals surface area contributed by atoms with E-state index in [9.17, 15) is 0 Å². The number of rotatable bonds is 5. The van der Waals surface area contributed by atoms with Gasteiger partial charge in [-0.25, -0.2) is 15.0 Å². The highest BCUT2D eigenvalue weighted by Gasteiger charge is 2.22. The first-order chi connectivity index (χ1) is 28.3. The van der Waals surface area contributed by atoms with Crippen molar-refractivity contribution >= 4 is 65.6 Å². The summed E-state index contributed by atoms with van der Waals surface area (Å²) in [4.78, 5) is 14.9. The molecule has 0 fully saturated rings. The Kier molecular flexibility index (Phi) is 6.83. The van der Waals surface area contributed by atoms with Crippen molar-refractivity contribution < 1.29 is 4.42 Å². The second-order valence-electron chi connectivity index (χ2n) is 14.4. The molecule has 0 aliphatic heterocycles. The molecule has 0 amide bonds. The van der Waals surface area contributed by atoms with Gasteiger partial charge in [0.25, 0.3) is 0 Å². The van der Waals surface area contributed by atoms with Gasteiger partial charge in [0.15, 0.2) is 17.5 Å². The maximum absolute atomic E-state index is 6.65. The van der Waals surface area contributed by atoms with E-state index >= 15 is 0 Å². The van der Waals surface area contributed by atoms with E-state index in [0.717, 1.165) is 61.0 Å². The summed E-state index contributed by atoms with van der Waals surface area (Å²) in [6, 6.07) is 65.6. The number of benzene rings is 8. The fourth-order valence-corrected chi connectivity index (χ4v) is 8.60. The average Bonchev–Trinajstić information content (AvgIpc) is 3.94. The zero-order valence-corrected chi connectivity index (χ0v) is 30.5. The minimum absolute atomic E-state index is 0.610. The van der Waals surface area contributed by atoms with Crippen molar-refractivity contribution in [1.29, 1.82) is 0 Å². The highest BCUT2D eigenvalue weighted by molar-refractivity contribution is 6.24. The van der Waals surface area contributed by atoms with Crippen LogP contribution in [0.1, 0.15) is 0 Å². The van der Waals surface area contributed by atoms with E-state index < -0.39 is 0 Å². The van der Waals surface area contributed by atoms with E-state index in [0.29, 0.717) is 17.5 Å². The van der Waals surface area contributed by atoms with Crippen molar-refractivity contribution in [2.45, 2.75) is 0 Å². The number of fused-ring (bicyclic) bond motifs is 10. The van der Waals surface area contributed by atoms with Gasteiger partial charge in [-0.05, 0) is 54.6 Å². The molecule has 0 aliphatic carbocycles. The topological polar surface area (TPSA) is 61.7 Å². The molecule has 57 heavy (non-hydrogen) atoms. The Morgan fingerprint density at radius 1 is 0.316 bits per heavy atom. The van der Waals surface area contributed by atoms with Crippen LogP contribution in [0.25, 0.3) is 111 Å². The van der Waals surface area contributed by atoms with Crippen LogP contribution in [0.15, 0.2) is 192 Å². The molecule has 0 N–H and O–H groups in total. The van der Waals surface area contributed by atoms with Crippen LogP contribution in [0.5, 0.6) is 0 Å². The predicted molar refractivity (Wildman–Crippen MR) is 232 cm³/mol. The summed E-state index contributed by atoms with van der Waals surface area (Å²) < 4.78 is 11.5. The largest absolute Gasteiger partial charge is 0.456 e. The van der Waals surface area contributed by atoms with Crippen LogP contribution >= 0.6 is 0 Å². The molecule has 0 saturated carbocycles. The summed E-state index contributed by atoms with van der Waals surface area (Å²) in [5, 5.41) is 6.88. The van der Waals surface area contributed by atoms with Gasteiger partial charge in [-0.1, -0.05) is 127 Å². The molecule has 0 saturated heterocycles. The van der Waals surface area contributed by atoms with Crippen LogP contribution in [0.3, 0.4) is 0 Å². The summed E-state index contributed by atoms with van der Waals surface area (Å²) in [7, 11) is 0. The van der Waals surface area contributed by atoms with Gasteiger partial charge >= 0.3 is 0 Å². The molecule has 0 unspecified atom stereocenters. The van der Waals surface area contributed by atoms with Crippen LogP contribution in [0.2, 0.25) is 0 Å². The third-order valence-corrected chi connectivity index (χ3v) is 11.2. The Morgan fingerprint density at radius 3 is 1.40 bits per heavy atom. The van der Waals surface area contributed by atoms with Gasteiger partial charge in [-0.15, -0.1) is 0 Å². The van der Waals surface area contributed by atoms with E-state index in [2.05, 4.69) is 124 Å². The highest BCUT2D eigenvalue weighted by Crippen LogP contribution is 2.42. The first-order valence-electron chi connectivity index (χ1n) is 19.1. The lowest BCUT2D eigenvalue weighted by Crippen LogP contribution is -2.00. The molecular formula is C51H31N5O. The van der Waals surface area contributed by atoms with Crippen LogP contribution in [0, 0.1) is 0 Å². The lowest BCUT2D eigenvalue weighted by molar-refractivity contribution is 0.668. The molecular weight excluding hydrogens is 699 g/mol. The van der Waals surface area contributed by atoms with Gasteiger partial charge in [0.05, 0.1) is 27.8 Å². The predicted octanol–water partition coefficient (Wildman–Crippen LogP) is 13.0. The van der Waals surface area contributed by atoms with Crippen LogP contribution < -0.4 is 0 Å². The van der Waals surface area contributed by atoms with Gasteiger partial charge in [-0.2, -0.15) is 0 Å². The molecule has 12 rings (SSSR count). The fourth-order valence-electron chi connectivity index (χ4n) is 8.60. The second-order valence-corrected chi connectivity index (χ2v) is 14.4. The Labute approximate surface area is 326 Å². The number of aromatic nitrogens is 5. The number of hydrogen-bond donors (Lipinski definition) is 0. The van der Waals surface area contributed by atoms with E-state index in [1.807, 2.05) is 72.8 Å². The second kappa shape index (κ2) is 12.3. The van der Waals surface area contributed by atoms with E-state index in [-0.39, 0.29) is 0 Å². The smallest absolute Gasteiger partial charge is 0.164 e. The van der Waals surface area contributed by atoms with Crippen molar-refractivity contribution in [1.82, 2.24) is 24.1 Å². The Bertz CT molecular complexity index is 3450. The molecule has 0 atom stereocenters. The van der Waals surface area contributed by atoms with E-state index in [4.69, 9.17) is 19.4 Å². The van der Waals surface area contributed by atoms with Crippen LogP contribution in [-0.4, -0.2) is 24.1 Å². The quantitative estimate of drug-likeness (QED) is 0.177. The first-order valence-corrected chi connectivity index (χ1v) is 19.1.